The van der Waals surface area contributed by atoms with Crippen LogP contribution in [0.1, 0.15) is 86.5 Å². The van der Waals surface area contributed by atoms with Crippen molar-refractivity contribution in [1.82, 2.24) is 5.32 Å². The third-order valence-electron chi connectivity index (χ3n) is 6.21. The largest absolute Gasteiger partial charge is 0.356 e. The molecule has 0 bridgehead atoms. The Morgan fingerprint density at radius 1 is 0.667 bits per heavy atom. The smallest absolute Gasteiger partial charge is 0.223 e. The fourth-order valence-electron chi connectivity index (χ4n) is 4.34. The maximum Gasteiger partial charge on any atom is 0.223 e. The van der Waals surface area contributed by atoms with Gasteiger partial charge in [0, 0.05) is 37.1 Å². The normalized spacial score (nSPS) is 27.6. The number of amides is 1. The summed E-state index contributed by atoms with van der Waals surface area (Å²) >= 11 is 0. The van der Waals surface area contributed by atoms with Crippen molar-refractivity contribution in [3.05, 3.63) is 0 Å². The predicted octanol–water partition coefficient (Wildman–Crippen LogP) is 4.80. The second-order valence-corrected chi connectivity index (χ2v) is 9.35. The molecule has 3 aliphatic rings. The zero-order chi connectivity index (χ0) is 20.6. The van der Waals surface area contributed by atoms with Crippen LogP contribution in [-0.2, 0) is 14.4 Å². The van der Waals surface area contributed by atoms with Crippen LogP contribution in [0.5, 0.6) is 0 Å². The molecule has 0 radical (unpaired) electrons. The van der Waals surface area contributed by atoms with Crippen LogP contribution in [0.25, 0.3) is 0 Å². The van der Waals surface area contributed by atoms with E-state index in [-0.39, 0.29) is 11.8 Å². The molecule has 1 unspecified atom stereocenters. The summed E-state index contributed by atoms with van der Waals surface area (Å²) in [4.78, 5) is 32.9. The molecule has 3 rings (SSSR count). The topological polar surface area (TPSA) is 63.2 Å². The van der Waals surface area contributed by atoms with Crippen LogP contribution in [0.15, 0.2) is 0 Å². The number of hydrogen-bond acceptors (Lipinski definition) is 3. The molecule has 0 spiro atoms. The summed E-state index contributed by atoms with van der Waals surface area (Å²) in [6.45, 7) is 13.6. The molecular formula is C23H41NO3. The number of carbonyl (C=O) groups is 3. The molecular weight excluding hydrogens is 338 g/mol. The first-order valence-corrected chi connectivity index (χ1v) is 11.0. The fourth-order valence-corrected chi connectivity index (χ4v) is 4.34. The van der Waals surface area contributed by atoms with Crippen LogP contribution in [-0.4, -0.2) is 24.0 Å². The highest BCUT2D eigenvalue weighted by Crippen LogP contribution is 2.28. The van der Waals surface area contributed by atoms with Crippen LogP contribution in [0.3, 0.4) is 0 Å². The van der Waals surface area contributed by atoms with Crippen molar-refractivity contribution >= 4 is 17.5 Å². The second kappa shape index (κ2) is 11.6. The third kappa shape index (κ3) is 7.75. The predicted molar refractivity (Wildman–Crippen MR) is 110 cm³/mol. The van der Waals surface area contributed by atoms with E-state index in [1.54, 1.807) is 0 Å². The molecule has 1 heterocycles. The highest BCUT2D eigenvalue weighted by atomic mass is 16.2. The molecule has 27 heavy (non-hydrogen) atoms. The number of hydrogen-bond donors (Lipinski definition) is 1. The van der Waals surface area contributed by atoms with Gasteiger partial charge in [0.2, 0.25) is 5.91 Å². The van der Waals surface area contributed by atoms with Gasteiger partial charge in [-0.25, -0.2) is 0 Å². The summed E-state index contributed by atoms with van der Waals surface area (Å²) in [7, 11) is 0. The van der Waals surface area contributed by atoms with E-state index in [0.29, 0.717) is 41.2 Å². The van der Waals surface area contributed by atoms with Crippen LogP contribution in [0, 0.1) is 35.5 Å². The van der Waals surface area contributed by atoms with Crippen LogP contribution in [0.2, 0.25) is 0 Å². The average Bonchev–Trinajstić information content (AvgIpc) is 3.29. The van der Waals surface area contributed by atoms with Gasteiger partial charge < -0.3 is 5.32 Å². The Balaban J connectivity index is 0.000000202. The molecule has 1 amide bonds. The van der Waals surface area contributed by atoms with Gasteiger partial charge in [-0.15, -0.1) is 0 Å². The van der Waals surface area contributed by atoms with E-state index >= 15 is 0 Å². The van der Waals surface area contributed by atoms with E-state index in [0.717, 1.165) is 51.5 Å². The number of carbonyl (C=O) groups excluding carboxylic acids is 3. The lowest BCUT2D eigenvalue weighted by Crippen LogP contribution is -2.22. The molecule has 0 aromatic carbocycles. The lowest BCUT2D eigenvalue weighted by molar-refractivity contribution is -0.123. The zero-order valence-corrected chi connectivity index (χ0v) is 18.3. The molecule has 2 aliphatic carbocycles. The standard InChI is InChI=1S/2C8H14O.C7H13NO/c2*1-6(2)7-4-3-5-8(7)9;1-5(2)6-3-4-8-7(6)9/h2*6-7H,3-5H2,1-2H3;5-6H,3-4H2,1-2H3,(H,8,9)/t7-;;6-/m0.1/s1. The zero-order valence-electron chi connectivity index (χ0n) is 18.3. The van der Waals surface area contributed by atoms with Crippen molar-refractivity contribution in [2.75, 3.05) is 6.54 Å². The van der Waals surface area contributed by atoms with E-state index in [9.17, 15) is 14.4 Å². The Bertz CT molecular complexity index is 425. The molecule has 1 aliphatic heterocycles. The molecule has 1 saturated heterocycles. The lowest BCUT2D eigenvalue weighted by atomic mass is 9.94. The van der Waals surface area contributed by atoms with Crippen molar-refractivity contribution in [2.45, 2.75) is 86.5 Å². The summed E-state index contributed by atoms with van der Waals surface area (Å²) in [5, 5.41) is 2.81. The summed E-state index contributed by atoms with van der Waals surface area (Å²) in [6.07, 6.45) is 7.22. The van der Waals surface area contributed by atoms with Gasteiger partial charge in [-0.2, -0.15) is 0 Å². The lowest BCUT2D eigenvalue weighted by Gasteiger charge is -2.10. The molecule has 0 aromatic rings. The summed E-state index contributed by atoms with van der Waals surface area (Å²) in [5.74, 6) is 3.94. The minimum Gasteiger partial charge on any atom is -0.356 e. The Labute approximate surface area is 166 Å². The van der Waals surface area contributed by atoms with Crippen molar-refractivity contribution in [2.24, 2.45) is 35.5 Å². The van der Waals surface area contributed by atoms with E-state index in [4.69, 9.17) is 0 Å². The number of Topliss-reactive ketones (excluding diaryl/α,β-unsaturated/α-hetero) is 2. The first kappa shape index (κ1) is 23.8. The molecule has 2 saturated carbocycles. The highest BCUT2D eigenvalue weighted by molar-refractivity contribution is 5.83. The minimum absolute atomic E-state index is 0.241. The fraction of sp³-hybridized carbons (Fsp3) is 0.870. The molecule has 4 heteroatoms. The number of ketones is 2. The third-order valence-corrected chi connectivity index (χ3v) is 6.21. The van der Waals surface area contributed by atoms with Gasteiger partial charge in [0.05, 0.1) is 0 Å². The van der Waals surface area contributed by atoms with Crippen LogP contribution < -0.4 is 5.32 Å². The van der Waals surface area contributed by atoms with Crippen molar-refractivity contribution in [3.8, 4) is 0 Å². The van der Waals surface area contributed by atoms with Gasteiger partial charge >= 0.3 is 0 Å². The van der Waals surface area contributed by atoms with E-state index < -0.39 is 0 Å². The van der Waals surface area contributed by atoms with Crippen molar-refractivity contribution in [3.63, 3.8) is 0 Å². The van der Waals surface area contributed by atoms with Gasteiger partial charge in [-0.3, -0.25) is 14.4 Å². The summed E-state index contributed by atoms with van der Waals surface area (Å²) < 4.78 is 0. The van der Waals surface area contributed by atoms with Gasteiger partial charge in [-0.1, -0.05) is 41.5 Å². The number of nitrogens with one attached hydrogen (secondary N) is 1. The van der Waals surface area contributed by atoms with E-state index in [2.05, 4.69) is 46.9 Å². The molecule has 3 atom stereocenters. The monoisotopic (exact) mass is 379 g/mol. The van der Waals surface area contributed by atoms with E-state index in [1.807, 2.05) is 0 Å². The Morgan fingerprint density at radius 2 is 1.07 bits per heavy atom. The molecule has 1 N–H and O–H groups in total. The summed E-state index contributed by atoms with van der Waals surface area (Å²) in [5.41, 5.74) is 0. The van der Waals surface area contributed by atoms with Gasteiger partial charge in [0.1, 0.15) is 11.6 Å². The van der Waals surface area contributed by atoms with E-state index in [1.165, 1.54) is 0 Å². The summed E-state index contributed by atoms with van der Waals surface area (Å²) in [6, 6.07) is 0. The highest BCUT2D eigenvalue weighted by Gasteiger charge is 2.27. The Morgan fingerprint density at radius 3 is 1.22 bits per heavy atom. The molecule has 3 fully saturated rings. The maximum absolute atomic E-state index is 11.0. The van der Waals surface area contributed by atoms with Gasteiger partial charge in [0.25, 0.3) is 0 Å². The molecule has 0 aromatic heterocycles. The first-order chi connectivity index (χ1) is 12.6. The van der Waals surface area contributed by atoms with Crippen LogP contribution >= 0.6 is 0 Å². The average molecular weight is 380 g/mol. The maximum atomic E-state index is 11.0. The van der Waals surface area contributed by atoms with Crippen LogP contribution in [0.4, 0.5) is 0 Å². The number of rotatable bonds is 3. The van der Waals surface area contributed by atoms with Crippen molar-refractivity contribution in [1.29, 1.82) is 0 Å². The van der Waals surface area contributed by atoms with Gasteiger partial charge in [-0.05, 0) is 49.9 Å². The SMILES string of the molecule is CC(C)C1CCCC1=O.CC(C)[C@@H]1CCCC1=O.CC(C)[C@H]1CCNC1=O. The molecule has 4 nitrogen and oxygen atoms in total. The quantitative estimate of drug-likeness (QED) is 0.766. The first-order valence-electron chi connectivity index (χ1n) is 11.0. The Hall–Kier alpha value is -1.19. The second-order valence-electron chi connectivity index (χ2n) is 9.35. The van der Waals surface area contributed by atoms with Gasteiger partial charge in [0.15, 0.2) is 0 Å². The molecule has 156 valence electrons. The minimum atomic E-state index is 0.241. The van der Waals surface area contributed by atoms with Crippen molar-refractivity contribution < 1.29 is 14.4 Å². The Kier molecular flexibility index (Phi) is 10.3.